The van der Waals surface area contributed by atoms with Gasteiger partial charge in [-0.1, -0.05) is 59.6 Å². The van der Waals surface area contributed by atoms with Crippen LogP contribution < -0.4 is 9.64 Å². The molecule has 5 heterocycles. The van der Waals surface area contributed by atoms with Crippen molar-refractivity contribution in [2.75, 3.05) is 11.5 Å². The minimum atomic E-state index is -0.501. The highest BCUT2D eigenvalue weighted by Crippen LogP contribution is 2.49. The lowest BCUT2D eigenvalue weighted by molar-refractivity contribution is 0.0933. The SMILES string of the molecule is Cc1cc(OCCCc2c3n(c4cc(Cl)ccc24)C(C)[C@@H](c2c(C)nc(COCc4ccccc4)nc2C)N(c2cn(C)c4ccc(-c5ncn(C)n5)cc24)C3=O)cc(C)c1Cl. The van der Waals surface area contributed by atoms with E-state index in [0.29, 0.717) is 48.4 Å². The summed E-state index contributed by atoms with van der Waals surface area (Å²) in [6.07, 6.45) is 5.02. The van der Waals surface area contributed by atoms with Gasteiger partial charge >= 0.3 is 0 Å². The van der Waals surface area contributed by atoms with Crippen LogP contribution in [0.5, 0.6) is 5.75 Å². The molecule has 0 aliphatic carbocycles. The molecule has 13 heteroatoms. The summed E-state index contributed by atoms with van der Waals surface area (Å²) in [7, 11) is 3.86. The Morgan fingerprint density at radius 1 is 0.823 bits per heavy atom. The lowest BCUT2D eigenvalue weighted by Gasteiger charge is -2.42. The third-order valence-electron chi connectivity index (χ3n) is 12.0. The van der Waals surface area contributed by atoms with Gasteiger partial charge in [0.05, 0.1) is 36.5 Å². The standard InChI is InChI=1S/C49H48Cl2N8O3/c1-28-20-36(21-29(2)45(28)51)62-19-11-14-38-37-17-16-35(50)23-41(37)58-32(5)46(44-30(3)53-43(54-31(44)4)26-61-25-33-12-9-8-10-13-33)59(49(60)47(38)58)42-24-56(6)40-18-15-34(22-39(40)42)48-52-27-57(7)55-48/h8-10,12-13,15-18,20-24,27,32,46H,11,14,19,25-26H2,1-7H3/t32?,46-/m0/s1. The molecule has 4 aromatic carbocycles. The molecule has 0 bridgehead atoms. The fraction of sp³-hybridized carbons (Fsp3) is 0.286. The van der Waals surface area contributed by atoms with Crippen molar-refractivity contribution >= 4 is 56.6 Å². The minimum absolute atomic E-state index is 0.122. The molecule has 2 atom stereocenters. The number of rotatable bonds is 12. The number of nitrogens with zero attached hydrogens (tertiary/aromatic N) is 8. The third-order valence-corrected chi connectivity index (χ3v) is 12.8. The Bertz CT molecular complexity index is 2960. The first-order valence-corrected chi connectivity index (χ1v) is 21.6. The predicted octanol–water partition coefficient (Wildman–Crippen LogP) is 11.0. The lowest BCUT2D eigenvalue weighted by atomic mass is 9.91. The van der Waals surface area contributed by atoms with Gasteiger partial charge in [0.15, 0.2) is 11.6 Å². The molecular formula is C49H48Cl2N8O3. The summed E-state index contributed by atoms with van der Waals surface area (Å²) in [6, 6.07) is 25.3. The van der Waals surface area contributed by atoms with Crippen LogP contribution in [0.2, 0.25) is 10.0 Å². The van der Waals surface area contributed by atoms with Gasteiger partial charge in [-0.15, -0.1) is 0 Å². The number of hydrogen-bond acceptors (Lipinski definition) is 7. The maximum atomic E-state index is 15.9. The van der Waals surface area contributed by atoms with Crippen LogP contribution >= 0.6 is 23.2 Å². The Morgan fingerprint density at radius 2 is 1.56 bits per heavy atom. The fourth-order valence-corrected chi connectivity index (χ4v) is 9.49. The lowest BCUT2D eigenvalue weighted by Crippen LogP contribution is -2.46. The van der Waals surface area contributed by atoms with Crippen LogP contribution in [0.4, 0.5) is 5.69 Å². The first-order valence-electron chi connectivity index (χ1n) is 20.8. The molecule has 62 heavy (non-hydrogen) atoms. The van der Waals surface area contributed by atoms with Crippen LogP contribution in [0.3, 0.4) is 0 Å². The molecule has 0 saturated heterocycles. The number of aryl methyl sites for hydroxylation is 7. The molecule has 316 valence electrons. The second kappa shape index (κ2) is 16.7. The van der Waals surface area contributed by atoms with Crippen molar-refractivity contribution < 1.29 is 14.3 Å². The van der Waals surface area contributed by atoms with E-state index in [-0.39, 0.29) is 18.6 Å². The zero-order chi connectivity index (χ0) is 43.4. The molecule has 0 N–H and O–H groups in total. The van der Waals surface area contributed by atoms with E-state index in [0.717, 1.165) is 83.0 Å². The Morgan fingerprint density at radius 3 is 2.27 bits per heavy atom. The van der Waals surface area contributed by atoms with E-state index in [1.807, 2.05) is 120 Å². The van der Waals surface area contributed by atoms with E-state index >= 15 is 4.79 Å². The van der Waals surface area contributed by atoms with E-state index in [4.69, 9.17) is 42.6 Å². The van der Waals surface area contributed by atoms with Gasteiger partial charge < -0.3 is 18.6 Å². The van der Waals surface area contributed by atoms with Crippen LogP contribution in [0.25, 0.3) is 33.2 Å². The molecule has 0 radical (unpaired) electrons. The Labute approximate surface area is 370 Å². The van der Waals surface area contributed by atoms with Gasteiger partial charge in [0, 0.05) is 69.1 Å². The quantitative estimate of drug-likeness (QED) is 0.113. The number of ether oxygens (including phenoxy) is 2. The van der Waals surface area contributed by atoms with Crippen molar-refractivity contribution in [3.63, 3.8) is 0 Å². The Kier molecular flexibility index (Phi) is 11.1. The number of fused-ring (bicyclic) bond motifs is 4. The smallest absolute Gasteiger partial charge is 0.275 e. The van der Waals surface area contributed by atoms with Crippen molar-refractivity contribution in [1.29, 1.82) is 0 Å². The zero-order valence-electron chi connectivity index (χ0n) is 35.9. The number of aromatic nitrogens is 7. The van der Waals surface area contributed by atoms with Crippen molar-refractivity contribution in [3.05, 3.63) is 152 Å². The number of carbonyl (C=O) groups is 1. The van der Waals surface area contributed by atoms with Crippen molar-refractivity contribution in [3.8, 4) is 17.1 Å². The number of anilines is 1. The number of carbonyl (C=O) groups excluding carboxylic acids is 1. The zero-order valence-corrected chi connectivity index (χ0v) is 37.4. The third kappa shape index (κ3) is 7.52. The number of hydrogen-bond donors (Lipinski definition) is 0. The van der Waals surface area contributed by atoms with Crippen molar-refractivity contribution in [2.24, 2.45) is 14.1 Å². The summed E-state index contributed by atoms with van der Waals surface area (Å²) in [5, 5.41) is 7.83. The average molecular weight is 868 g/mol. The van der Waals surface area contributed by atoms with E-state index in [1.54, 1.807) is 11.0 Å². The largest absolute Gasteiger partial charge is 0.494 e. The van der Waals surface area contributed by atoms with Gasteiger partial charge in [0.1, 0.15) is 24.4 Å². The molecule has 0 saturated carbocycles. The molecule has 1 amide bonds. The normalized spacial score (nSPS) is 15.2. The molecule has 11 nitrogen and oxygen atoms in total. The number of amides is 1. The van der Waals surface area contributed by atoms with Crippen molar-refractivity contribution in [2.45, 2.75) is 72.8 Å². The van der Waals surface area contributed by atoms with Crippen LogP contribution in [-0.4, -0.2) is 46.4 Å². The highest BCUT2D eigenvalue weighted by atomic mass is 35.5. The second-order valence-electron chi connectivity index (χ2n) is 16.3. The van der Waals surface area contributed by atoms with E-state index in [2.05, 4.69) is 38.3 Å². The van der Waals surface area contributed by atoms with E-state index < -0.39 is 6.04 Å². The molecule has 8 aromatic rings. The van der Waals surface area contributed by atoms with Crippen molar-refractivity contribution in [1.82, 2.24) is 33.9 Å². The van der Waals surface area contributed by atoms with Gasteiger partial charge in [-0.2, -0.15) is 5.10 Å². The van der Waals surface area contributed by atoms with E-state index in [1.165, 1.54) is 0 Å². The monoisotopic (exact) mass is 866 g/mol. The number of benzene rings is 4. The van der Waals surface area contributed by atoms with Crippen LogP contribution in [-0.2, 0) is 38.5 Å². The molecule has 1 aliphatic rings. The Balaban J connectivity index is 1.16. The summed E-state index contributed by atoms with van der Waals surface area (Å²) in [5.74, 6) is 1.85. The maximum Gasteiger partial charge on any atom is 0.275 e. The Hall–Kier alpha value is -6.01. The average Bonchev–Trinajstić information content (AvgIpc) is 3.93. The molecule has 4 aromatic heterocycles. The molecule has 1 unspecified atom stereocenters. The summed E-state index contributed by atoms with van der Waals surface area (Å²) >= 11 is 13.2. The first kappa shape index (κ1) is 41.3. The molecule has 9 rings (SSSR count). The van der Waals surface area contributed by atoms with Crippen LogP contribution in [0.1, 0.15) is 80.9 Å². The summed E-state index contributed by atoms with van der Waals surface area (Å²) in [6.45, 7) is 11.3. The maximum absolute atomic E-state index is 15.9. The van der Waals surface area contributed by atoms with Gasteiger partial charge in [0.2, 0.25) is 0 Å². The molecular weight excluding hydrogens is 819 g/mol. The first-order chi connectivity index (χ1) is 29.9. The second-order valence-corrected chi connectivity index (χ2v) is 17.2. The summed E-state index contributed by atoms with van der Waals surface area (Å²) < 4.78 is 18.3. The topological polar surface area (TPSA) is 105 Å². The molecule has 0 spiro atoms. The highest BCUT2D eigenvalue weighted by Gasteiger charge is 2.45. The highest BCUT2D eigenvalue weighted by molar-refractivity contribution is 6.32. The van der Waals surface area contributed by atoms with Gasteiger partial charge in [-0.05, 0) is 112 Å². The summed E-state index contributed by atoms with van der Waals surface area (Å²) in [5.41, 5.74) is 10.6. The van der Waals surface area contributed by atoms with E-state index in [9.17, 15) is 0 Å². The summed E-state index contributed by atoms with van der Waals surface area (Å²) in [4.78, 5) is 32.5. The van der Waals surface area contributed by atoms with Crippen LogP contribution in [0, 0.1) is 27.7 Å². The predicted molar refractivity (Wildman–Crippen MR) is 245 cm³/mol. The van der Waals surface area contributed by atoms with Crippen LogP contribution in [0.15, 0.2) is 91.4 Å². The molecule has 1 aliphatic heterocycles. The number of halogens is 2. The molecule has 0 fully saturated rings. The van der Waals surface area contributed by atoms with Gasteiger partial charge in [0.25, 0.3) is 5.91 Å². The van der Waals surface area contributed by atoms with Gasteiger partial charge in [-0.25, -0.2) is 15.0 Å². The fourth-order valence-electron chi connectivity index (χ4n) is 9.21. The van der Waals surface area contributed by atoms with Gasteiger partial charge in [-0.3, -0.25) is 14.4 Å². The minimum Gasteiger partial charge on any atom is -0.494 e.